The Morgan fingerprint density at radius 2 is 2.22 bits per heavy atom. The fraction of sp³-hybridized carbons (Fsp3) is 1.00. The molecule has 2 saturated heterocycles. The van der Waals surface area contributed by atoms with Crippen LogP contribution in [-0.4, -0.2) is 54.8 Å². The van der Waals surface area contributed by atoms with Crippen LogP contribution in [0.3, 0.4) is 0 Å². The van der Waals surface area contributed by atoms with E-state index in [4.69, 9.17) is 0 Å². The smallest absolute Gasteiger partial charge is 0.211 e. The number of sulfonamides is 1. The molecule has 0 aromatic heterocycles. The van der Waals surface area contributed by atoms with Crippen LogP contribution >= 0.6 is 11.8 Å². The molecule has 0 bridgehead atoms. The molecule has 2 heterocycles. The molecule has 0 saturated carbocycles. The number of piperidine rings is 1. The minimum Gasteiger partial charge on any atom is -0.393 e. The van der Waals surface area contributed by atoms with Gasteiger partial charge < -0.3 is 5.11 Å². The summed E-state index contributed by atoms with van der Waals surface area (Å²) in [4.78, 5) is 0. The molecule has 2 aliphatic heterocycles. The first-order chi connectivity index (χ1) is 8.47. The monoisotopic (exact) mass is 293 g/mol. The van der Waals surface area contributed by atoms with Gasteiger partial charge in [-0.15, -0.1) is 0 Å². The predicted octanol–water partition coefficient (Wildman–Crippen LogP) is 1.16. The first-order valence-corrected chi connectivity index (χ1v) is 9.68. The molecule has 0 aromatic rings. The van der Waals surface area contributed by atoms with Crippen molar-refractivity contribution in [2.24, 2.45) is 11.8 Å². The molecule has 0 radical (unpaired) electrons. The molecule has 3 unspecified atom stereocenters. The summed E-state index contributed by atoms with van der Waals surface area (Å²) in [6.45, 7) is 1.24. The van der Waals surface area contributed by atoms with Crippen LogP contribution in [0.5, 0.6) is 0 Å². The highest BCUT2D eigenvalue weighted by Gasteiger charge is 2.30. The van der Waals surface area contributed by atoms with Gasteiger partial charge in [0.2, 0.25) is 10.0 Å². The van der Waals surface area contributed by atoms with Gasteiger partial charge in [0, 0.05) is 13.1 Å². The van der Waals surface area contributed by atoms with Gasteiger partial charge >= 0.3 is 0 Å². The molecule has 18 heavy (non-hydrogen) atoms. The molecular weight excluding hydrogens is 270 g/mol. The summed E-state index contributed by atoms with van der Waals surface area (Å²) in [7, 11) is -3.07. The molecule has 6 heteroatoms. The SMILES string of the molecule is CS(=O)(=O)N1CCCC(CC(O)C2CCSC2)C1. The Hall–Kier alpha value is 0.220. The van der Waals surface area contributed by atoms with E-state index in [9.17, 15) is 13.5 Å². The zero-order chi connectivity index (χ0) is 13.2. The summed E-state index contributed by atoms with van der Waals surface area (Å²) in [6, 6.07) is 0. The Morgan fingerprint density at radius 3 is 2.83 bits per heavy atom. The largest absolute Gasteiger partial charge is 0.393 e. The Morgan fingerprint density at radius 1 is 1.44 bits per heavy atom. The van der Waals surface area contributed by atoms with E-state index in [1.807, 2.05) is 11.8 Å². The van der Waals surface area contributed by atoms with Crippen LogP contribution in [0, 0.1) is 11.8 Å². The highest BCUT2D eigenvalue weighted by molar-refractivity contribution is 7.99. The van der Waals surface area contributed by atoms with Gasteiger partial charge in [-0.25, -0.2) is 12.7 Å². The van der Waals surface area contributed by atoms with Crippen LogP contribution in [0.15, 0.2) is 0 Å². The zero-order valence-corrected chi connectivity index (χ0v) is 12.5. The number of thioether (sulfide) groups is 1. The molecule has 2 aliphatic rings. The van der Waals surface area contributed by atoms with Gasteiger partial charge in [0.15, 0.2) is 0 Å². The van der Waals surface area contributed by atoms with Gasteiger partial charge in [0.1, 0.15) is 0 Å². The summed E-state index contributed by atoms with van der Waals surface area (Å²) in [6.07, 6.45) is 4.86. The third-order valence-electron chi connectivity index (χ3n) is 4.03. The maximum absolute atomic E-state index is 11.5. The Bertz CT molecular complexity index is 366. The average molecular weight is 293 g/mol. The molecule has 2 rings (SSSR count). The topological polar surface area (TPSA) is 57.6 Å². The lowest BCUT2D eigenvalue weighted by molar-refractivity contribution is 0.0798. The van der Waals surface area contributed by atoms with Gasteiger partial charge in [0.25, 0.3) is 0 Å². The van der Waals surface area contributed by atoms with Crippen LogP contribution < -0.4 is 0 Å². The van der Waals surface area contributed by atoms with Crippen molar-refractivity contribution in [2.45, 2.75) is 31.8 Å². The first kappa shape index (κ1) is 14.6. The van der Waals surface area contributed by atoms with Crippen molar-refractivity contribution < 1.29 is 13.5 Å². The lowest BCUT2D eigenvalue weighted by atomic mass is 9.88. The summed E-state index contributed by atoms with van der Waals surface area (Å²) in [5.74, 6) is 2.96. The second kappa shape index (κ2) is 6.11. The third kappa shape index (κ3) is 3.85. The number of hydrogen-bond donors (Lipinski definition) is 1. The molecule has 0 aromatic carbocycles. The van der Waals surface area contributed by atoms with Crippen LogP contribution in [0.2, 0.25) is 0 Å². The second-order valence-electron chi connectivity index (χ2n) is 5.56. The maximum Gasteiger partial charge on any atom is 0.211 e. The van der Waals surface area contributed by atoms with Crippen LogP contribution in [0.4, 0.5) is 0 Å². The number of hydrogen-bond acceptors (Lipinski definition) is 4. The molecule has 0 aliphatic carbocycles. The Labute approximate surface area is 114 Å². The van der Waals surface area contributed by atoms with Crippen molar-refractivity contribution in [1.82, 2.24) is 4.31 Å². The molecule has 3 atom stereocenters. The number of rotatable bonds is 4. The van der Waals surface area contributed by atoms with E-state index < -0.39 is 10.0 Å². The molecule has 2 fully saturated rings. The van der Waals surface area contributed by atoms with Crippen molar-refractivity contribution in [2.75, 3.05) is 30.9 Å². The van der Waals surface area contributed by atoms with Crippen molar-refractivity contribution >= 4 is 21.8 Å². The van der Waals surface area contributed by atoms with Gasteiger partial charge in [-0.1, -0.05) is 0 Å². The summed E-state index contributed by atoms with van der Waals surface area (Å²) >= 11 is 1.91. The molecular formula is C12H23NO3S2. The lowest BCUT2D eigenvalue weighted by Crippen LogP contribution is -2.40. The van der Waals surface area contributed by atoms with Crippen LogP contribution in [0.1, 0.15) is 25.7 Å². The van der Waals surface area contributed by atoms with Crippen LogP contribution in [-0.2, 0) is 10.0 Å². The summed E-state index contributed by atoms with van der Waals surface area (Å²) < 4.78 is 24.6. The quantitative estimate of drug-likeness (QED) is 0.845. The maximum atomic E-state index is 11.5. The highest BCUT2D eigenvalue weighted by Crippen LogP contribution is 2.31. The molecule has 1 N–H and O–H groups in total. The van der Waals surface area contributed by atoms with E-state index in [2.05, 4.69) is 0 Å². The normalized spacial score (nSPS) is 32.6. The van der Waals surface area contributed by atoms with Gasteiger partial charge in [-0.05, 0) is 49.0 Å². The van der Waals surface area contributed by atoms with Crippen molar-refractivity contribution in [3.05, 3.63) is 0 Å². The lowest BCUT2D eigenvalue weighted by Gasteiger charge is -2.32. The third-order valence-corrected chi connectivity index (χ3v) is 6.49. The van der Waals surface area contributed by atoms with E-state index in [0.717, 1.165) is 37.2 Å². The van der Waals surface area contributed by atoms with Gasteiger partial charge in [-0.2, -0.15) is 11.8 Å². The number of aliphatic hydroxyl groups excluding tert-OH is 1. The van der Waals surface area contributed by atoms with Crippen molar-refractivity contribution in [3.63, 3.8) is 0 Å². The van der Waals surface area contributed by atoms with E-state index in [-0.39, 0.29) is 6.10 Å². The minimum absolute atomic E-state index is 0.246. The van der Waals surface area contributed by atoms with Gasteiger partial charge in [0.05, 0.1) is 12.4 Å². The van der Waals surface area contributed by atoms with Crippen molar-refractivity contribution in [3.8, 4) is 0 Å². The molecule has 0 amide bonds. The standard InChI is InChI=1S/C12H23NO3S2/c1-18(15,16)13-5-2-3-10(8-13)7-12(14)11-4-6-17-9-11/h10-12,14H,2-9H2,1H3. The highest BCUT2D eigenvalue weighted by atomic mass is 32.2. The van der Waals surface area contributed by atoms with E-state index >= 15 is 0 Å². The predicted molar refractivity (Wildman–Crippen MR) is 75.2 cm³/mol. The van der Waals surface area contributed by atoms with Crippen LogP contribution in [0.25, 0.3) is 0 Å². The minimum atomic E-state index is -3.07. The second-order valence-corrected chi connectivity index (χ2v) is 8.69. The first-order valence-electron chi connectivity index (χ1n) is 6.67. The fourth-order valence-electron chi connectivity index (χ4n) is 2.91. The Kier molecular flexibility index (Phi) is 4.97. The van der Waals surface area contributed by atoms with Crippen molar-refractivity contribution in [1.29, 1.82) is 0 Å². The number of aliphatic hydroxyl groups is 1. The molecule has 106 valence electrons. The van der Waals surface area contributed by atoms with E-state index in [0.29, 0.717) is 24.9 Å². The molecule has 0 spiro atoms. The van der Waals surface area contributed by atoms with E-state index in [1.165, 1.54) is 6.26 Å². The Balaban J connectivity index is 1.85. The fourth-order valence-corrected chi connectivity index (χ4v) is 5.18. The van der Waals surface area contributed by atoms with E-state index in [1.54, 1.807) is 4.31 Å². The van der Waals surface area contributed by atoms with Gasteiger partial charge in [-0.3, -0.25) is 0 Å². The summed E-state index contributed by atoms with van der Waals surface area (Å²) in [5.41, 5.74) is 0. The molecule has 4 nitrogen and oxygen atoms in total. The average Bonchev–Trinajstić information content (AvgIpc) is 2.81. The zero-order valence-electron chi connectivity index (χ0n) is 10.9. The number of nitrogens with zero attached hydrogens (tertiary/aromatic N) is 1. The summed E-state index contributed by atoms with van der Waals surface area (Å²) in [5, 5.41) is 10.2.